The normalized spacial score (nSPS) is 14.5. The number of tetrazole rings is 1. The topological polar surface area (TPSA) is 103 Å². The van der Waals surface area contributed by atoms with E-state index in [1.54, 1.807) is 11.8 Å². The lowest BCUT2D eigenvalue weighted by atomic mass is 9.94. The van der Waals surface area contributed by atoms with Gasteiger partial charge in [0.2, 0.25) is 5.95 Å². The van der Waals surface area contributed by atoms with Crippen molar-refractivity contribution >= 4 is 29.1 Å². The van der Waals surface area contributed by atoms with Crippen molar-refractivity contribution in [3.8, 4) is 11.5 Å². The lowest BCUT2D eigenvalue weighted by Crippen LogP contribution is -2.31. The number of hydrogen-bond donors (Lipinski definition) is 2. The molecule has 0 spiro atoms. The van der Waals surface area contributed by atoms with Crippen molar-refractivity contribution in [2.75, 3.05) is 17.7 Å². The number of aryl methyl sites for hydroxylation is 1. The first kappa shape index (κ1) is 25.3. The Morgan fingerprint density at radius 1 is 1.08 bits per heavy atom. The van der Waals surface area contributed by atoms with Crippen LogP contribution in [0.3, 0.4) is 0 Å². The highest BCUT2D eigenvalue weighted by Gasteiger charge is 2.34. The zero-order chi connectivity index (χ0) is 26.8. The van der Waals surface area contributed by atoms with Gasteiger partial charge in [0.05, 0.1) is 12.7 Å². The third-order valence-corrected chi connectivity index (χ3v) is 7.02. The van der Waals surface area contributed by atoms with Crippen molar-refractivity contribution < 1.29 is 14.3 Å². The van der Waals surface area contributed by atoms with E-state index in [0.29, 0.717) is 33.7 Å². The summed E-state index contributed by atoms with van der Waals surface area (Å²) in [6.07, 6.45) is 0. The van der Waals surface area contributed by atoms with Crippen molar-refractivity contribution in [2.24, 2.45) is 0 Å². The molecule has 0 radical (unpaired) electrons. The van der Waals surface area contributed by atoms with Crippen LogP contribution in [-0.4, -0.2) is 33.2 Å². The molecule has 5 rings (SSSR count). The fourth-order valence-electron chi connectivity index (χ4n) is 4.44. The van der Waals surface area contributed by atoms with Gasteiger partial charge in [-0.3, -0.25) is 4.79 Å². The van der Waals surface area contributed by atoms with E-state index in [1.165, 1.54) is 0 Å². The molecule has 0 saturated carbocycles. The number of anilines is 2. The number of fused-ring (bicyclic) bond motifs is 1. The minimum Gasteiger partial charge on any atom is -0.493 e. The van der Waals surface area contributed by atoms with E-state index in [9.17, 15) is 4.79 Å². The van der Waals surface area contributed by atoms with Crippen molar-refractivity contribution in [2.45, 2.75) is 33.4 Å². The Morgan fingerprint density at radius 2 is 1.89 bits per heavy atom. The summed E-state index contributed by atoms with van der Waals surface area (Å²) < 4.78 is 13.3. The van der Waals surface area contributed by atoms with E-state index in [4.69, 9.17) is 21.1 Å². The van der Waals surface area contributed by atoms with Crippen LogP contribution in [0.1, 0.15) is 35.2 Å². The van der Waals surface area contributed by atoms with Gasteiger partial charge < -0.3 is 20.1 Å². The van der Waals surface area contributed by atoms with E-state index >= 15 is 0 Å². The number of hydrogen-bond acceptors (Lipinski definition) is 7. The third kappa shape index (κ3) is 4.80. The molecule has 10 heteroatoms. The summed E-state index contributed by atoms with van der Waals surface area (Å²) in [4.78, 5) is 13.7. The van der Waals surface area contributed by atoms with E-state index in [1.807, 2.05) is 81.4 Å². The first-order valence-electron chi connectivity index (χ1n) is 12.0. The van der Waals surface area contributed by atoms with Crippen LogP contribution in [0.4, 0.5) is 11.6 Å². The number of amides is 1. The predicted molar refractivity (Wildman–Crippen MR) is 146 cm³/mol. The Hall–Kier alpha value is -4.37. The van der Waals surface area contributed by atoms with Gasteiger partial charge >= 0.3 is 0 Å². The quantitative estimate of drug-likeness (QED) is 0.327. The summed E-state index contributed by atoms with van der Waals surface area (Å²) in [5.74, 6) is 1.24. The molecule has 1 atom stereocenters. The van der Waals surface area contributed by atoms with Crippen LogP contribution >= 0.6 is 11.6 Å². The molecule has 2 heterocycles. The molecule has 1 aromatic heterocycles. The number of nitrogens with one attached hydrogen (secondary N) is 2. The summed E-state index contributed by atoms with van der Waals surface area (Å²) in [6.45, 7) is 6.10. The first-order valence-corrected chi connectivity index (χ1v) is 12.4. The highest BCUT2D eigenvalue weighted by molar-refractivity contribution is 6.31. The molecule has 0 saturated heterocycles. The zero-order valence-electron chi connectivity index (χ0n) is 21.4. The molecule has 1 aliphatic heterocycles. The molecule has 9 nitrogen and oxygen atoms in total. The van der Waals surface area contributed by atoms with Gasteiger partial charge in [0.25, 0.3) is 5.91 Å². The molecule has 0 fully saturated rings. The Morgan fingerprint density at radius 3 is 2.68 bits per heavy atom. The summed E-state index contributed by atoms with van der Waals surface area (Å²) in [7, 11) is 1.57. The van der Waals surface area contributed by atoms with Gasteiger partial charge in [0.1, 0.15) is 12.6 Å². The summed E-state index contributed by atoms with van der Waals surface area (Å²) >= 11 is 6.28. The van der Waals surface area contributed by atoms with Gasteiger partial charge in [0.15, 0.2) is 11.5 Å². The Kier molecular flexibility index (Phi) is 7.02. The molecule has 0 aliphatic carbocycles. The van der Waals surface area contributed by atoms with Crippen molar-refractivity contribution in [1.82, 2.24) is 20.2 Å². The SMILES string of the molecule is COc1cc(C2C(C(=O)Nc3cccc(C)c3C)=C(C)Nc3nnnn32)ccc1OCc1ccccc1Cl. The summed E-state index contributed by atoms with van der Waals surface area (Å²) in [6, 6.07) is 18.3. The Balaban J connectivity index is 1.49. The largest absolute Gasteiger partial charge is 0.493 e. The second kappa shape index (κ2) is 10.5. The average molecular weight is 531 g/mol. The number of aromatic nitrogens is 4. The smallest absolute Gasteiger partial charge is 0.255 e. The average Bonchev–Trinajstić information content (AvgIpc) is 3.38. The molecule has 1 amide bonds. The molecule has 1 aliphatic rings. The number of carbonyl (C=O) groups excluding carboxylic acids is 1. The van der Waals surface area contributed by atoms with E-state index in [2.05, 4.69) is 26.2 Å². The molecule has 1 unspecified atom stereocenters. The number of rotatable bonds is 7. The Labute approximate surface area is 225 Å². The number of benzene rings is 3. The highest BCUT2D eigenvalue weighted by atomic mass is 35.5. The fraction of sp³-hybridized carbons (Fsp3) is 0.214. The number of carbonyl (C=O) groups is 1. The van der Waals surface area contributed by atoms with Crippen LogP contribution < -0.4 is 20.1 Å². The van der Waals surface area contributed by atoms with Crippen molar-refractivity contribution in [3.05, 3.63) is 99.2 Å². The van der Waals surface area contributed by atoms with Crippen molar-refractivity contribution in [1.29, 1.82) is 0 Å². The van der Waals surface area contributed by atoms with E-state index in [-0.39, 0.29) is 12.5 Å². The maximum absolute atomic E-state index is 13.7. The maximum atomic E-state index is 13.7. The standard InChI is InChI=1S/C28H27ClN6O3/c1-16-8-7-11-22(17(16)2)31-27(36)25-18(3)30-28-32-33-34-35(28)26(25)19-12-13-23(24(14-19)37-4)38-15-20-9-5-6-10-21(20)29/h5-14,26H,15H2,1-4H3,(H,31,36)(H,30,32,34). The molecule has 4 aromatic rings. The monoisotopic (exact) mass is 530 g/mol. The highest BCUT2D eigenvalue weighted by Crippen LogP contribution is 2.39. The van der Waals surface area contributed by atoms with Crippen LogP contribution in [-0.2, 0) is 11.4 Å². The van der Waals surface area contributed by atoms with Crippen molar-refractivity contribution in [3.63, 3.8) is 0 Å². The molecular formula is C28H27ClN6O3. The lowest BCUT2D eigenvalue weighted by molar-refractivity contribution is -0.113. The molecule has 38 heavy (non-hydrogen) atoms. The molecule has 194 valence electrons. The van der Waals surface area contributed by atoms with E-state index in [0.717, 1.165) is 27.9 Å². The predicted octanol–water partition coefficient (Wildman–Crippen LogP) is 5.46. The van der Waals surface area contributed by atoms with Gasteiger partial charge in [-0.2, -0.15) is 4.68 Å². The molecule has 3 aromatic carbocycles. The lowest BCUT2D eigenvalue weighted by Gasteiger charge is -2.28. The van der Waals surface area contributed by atoms with Crippen LogP contribution in [0.2, 0.25) is 5.02 Å². The summed E-state index contributed by atoms with van der Waals surface area (Å²) in [5, 5.41) is 18.9. The minimum atomic E-state index is -0.599. The second-order valence-corrected chi connectivity index (χ2v) is 9.41. The number of halogens is 1. The van der Waals surface area contributed by atoms with Crippen LogP contribution in [0.5, 0.6) is 11.5 Å². The number of allylic oxidation sites excluding steroid dienone is 1. The molecular weight excluding hydrogens is 504 g/mol. The minimum absolute atomic E-state index is 0.257. The summed E-state index contributed by atoms with van der Waals surface area (Å²) in [5.41, 5.74) is 5.59. The van der Waals surface area contributed by atoms with Gasteiger partial charge in [-0.15, -0.1) is 0 Å². The van der Waals surface area contributed by atoms with Gasteiger partial charge in [-0.1, -0.05) is 53.1 Å². The maximum Gasteiger partial charge on any atom is 0.255 e. The van der Waals surface area contributed by atoms with Crippen LogP contribution in [0, 0.1) is 13.8 Å². The Bertz CT molecular complexity index is 1550. The number of methoxy groups -OCH3 is 1. The van der Waals surface area contributed by atoms with Crippen LogP contribution in [0.25, 0.3) is 0 Å². The van der Waals surface area contributed by atoms with Gasteiger partial charge in [-0.05, 0) is 72.2 Å². The third-order valence-electron chi connectivity index (χ3n) is 6.66. The van der Waals surface area contributed by atoms with Crippen LogP contribution in [0.15, 0.2) is 71.9 Å². The fourth-order valence-corrected chi connectivity index (χ4v) is 4.63. The number of ether oxygens (including phenoxy) is 2. The number of nitrogens with zero attached hydrogens (tertiary/aromatic N) is 4. The second-order valence-electron chi connectivity index (χ2n) is 9.01. The molecule has 0 bridgehead atoms. The molecule has 2 N–H and O–H groups in total. The van der Waals surface area contributed by atoms with Gasteiger partial charge in [0, 0.05) is 22.0 Å². The van der Waals surface area contributed by atoms with E-state index < -0.39 is 6.04 Å². The van der Waals surface area contributed by atoms with Gasteiger partial charge in [-0.25, -0.2) is 0 Å². The first-order chi connectivity index (χ1) is 18.4. The zero-order valence-corrected chi connectivity index (χ0v) is 22.2.